The fraction of sp³-hybridized carbons (Fsp3) is 1.00. The zero-order valence-electron chi connectivity index (χ0n) is 14.6. The van der Waals surface area contributed by atoms with Crippen molar-refractivity contribution in [2.45, 2.75) is 72.3 Å². The first kappa shape index (κ1) is 21.1. The van der Waals surface area contributed by atoms with Gasteiger partial charge in [-0.25, -0.2) is 0 Å². The van der Waals surface area contributed by atoms with Crippen LogP contribution in [0.2, 0.25) is 6.04 Å². The molecule has 0 aliphatic carbocycles. The van der Waals surface area contributed by atoms with Crippen molar-refractivity contribution in [2.24, 2.45) is 0 Å². The lowest BCUT2D eigenvalue weighted by Gasteiger charge is -2.29. The van der Waals surface area contributed by atoms with E-state index in [1.165, 1.54) is 6.42 Å². The van der Waals surface area contributed by atoms with Gasteiger partial charge >= 0.3 is 8.80 Å². The Kier molecular flexibility index (Phi) is 15.0. The molecule has 0 aromatic rings. The first-order chi connectivity index (χ1) is 10.2. The highest BCUT2D eigenvalue weighted by Crippen LogP contribution is 2.19. The van der Waals surface area contributed by atoms with Crippen LogP contribution in [0.1, 0.15) is 66.2 Å². The molecule has 0 atom stereocenters. The lowest BCUT2D eigenvalue weighted by molar-refractivity contribution is 0.0547. The second kappa shape index (κ2) is 15.0. The van der Waals surface area contributed by atoms with Crippen molar-refractivity contribution in [3.05, 3.63) is 0 Å². The van der Waals surface area contributed by atoms with Gasteiger partial charge in [-0.3, -0.25) is 0 Å². The molecule has 0 aliphatic rings. The molecular formula is C16H36O4Si. The number of unbranched alkanes of at least 4 members (excludes halogenated alkanes) is 1. The molecule has 128 valence electrons. The van der Waals surface area contributed by atoms with Gasteiger partial charge in [0, 0.05) is 39.1 Å². The third-order valence-corrected chi connectivity index (χ3v) is 5.89. The highest BCUT2D eigenvalue weighted by atomic mass is 28.4. The van der Waals surface area contributed by atoms with Crippen LogP contribution in [0.4, 0.5) is 0 Å². The maximum absolute atomic E-state index is 6.05. The topological polar surface area (TPSA) is 36.9 Å². The van der Waals surface area contributed by atoms with Gasteiger partial charge in [-0.15, -0.1) is 0 Å². The SMILES string of the molecule is CCCCOCCC[Si](OCCC)(OCCC)OCCC. The first-order valence-corrected chi connectivity index (χ1v) is 10.7. The van der Waals surface area contributed by atoms with Crippen molar-refractivity contribution in [1.29, 1.82) is 0 Å². The molecule has 0 bridgehead atoms. The van der Waals surface area contributed by atoms with Gasteiger partial charge in [0.1, 0.15) is 0 Å². The summed E-state index contributed by atoms with van der Waals surface area (Å²) in [6.45, 7) is 12.3. The number of hydrogen-bond acceptors (Lipinski definition) is 4. The predicted molar refractivity (Wildman–Crippen MR) is 89.6 cm³/mol. The van der Waals surface area contributed by atoms with Crippen molar-refractivity contribution in [3.63, 3.8) is 0 Å². The standard InChI is InChI=1S/C16H36O4Si/c1-5-9-14-17-15-10-16-21(18-11-6-2,19-12-7-3)20-13-8-4/h5-16H2,1-4H3. The van der Waals surface area contributed by atoms with Gasteiger partial charge in [0.15, 0.2) is 0 Å². The summed E-state index contributed by atoms with van der Waals surface area (Å²) in [4.78, 5) is 0. The molecule has 0 radical (unpaired) electrons. The maximum atomic E-state index is 6.05. The summed E-state index contributed by atoms with van der Waals surface area (Å²) in [6, 6.07) is 0.860. The second-order valence-electron chi connectivity index (χ2n) is 5.30. The molecule has 4 nitrogen and oxygen atoms in total. The third-order valence-electron chi connectivity index (χ3n) is 2.99. The van der Waals surface area contributed by atoms with E-state index in [2.05, 4.69) is 27.7 Å². The molecule has 0 amide bonds. The second-order valence-corrected chi connectivity index (χ2v) is 8.03. The molecule has 0 spiro atoms. The van der Waals surface area contributed by atoms with Crippen LogP contribution in [0.25, 0.3) is 0 Å². The van der Waals surface area contributed by atoms with E-state index < -0.39 is 8.80 Å². The molecule has 0 unspecified atom stereocenters. The zero-order chi connectivity index (χ0) is 15.8. The zero-order valence-corrected chi connectivity index (χ0v) is 15.6. The van der Waals surface area contributed by atoms with Crippen molar-refractivity contribution in [2.75, 3.05) is 33.0 Å². The van der Waals surface area contributed by atoms with Crippen LogP contribution in [-0.4, -0.2) is 41.8 Å². The fourth-order valence-corrected chi connectivity index (χ4v) is 4.66. The normalized spacial score (nSPS) is 12.0. The van der Waals surface area contributed by atoms with E-state index in [0.29, 0.717) is 0 Å². The Morgan fingerprint density at radius 2 is 1.05 bits per heavy atom. The largest absolute Gasteiger partial charge is 0.501 e. The van der Waals surface area contributed by atoms with E-state index in [9.17, 15) is 0 Å². The van der Waals surface area contributed by atoms with Gasteiger partial charge in [-0.1, -0.05) is 34.1 Å². The molecule has 5 heteroatoms. The summed E-state index contributed by atoms with van der Waals surface area (Å²) in [6.07, 6.45) is 6.24. The monoisotopic (exact) mass is 320 g/mol. The van der Waals surface area contributed by atoms with Gasteiger partial charge in [-0.2, -0.15) is 0 Å². The molecule has 0 saturated carbocycles. The highest BCUT2D eigenvalue weighted by molar-refractivity contribution is 6.60. The quantitative estimate of drug-likeness (QED) is 0.312. The van der Waals surface area contributed by atoms with Crippen molar-refractivity contribution in [3.8, 4) is 0 Å². The van der Waals surface area contributed by atoms with Crippen molar-refractivity contribution in [1.82, 2.24) is 0 Å². The average Bonchev–Trinajstić information content (AvgIpc) is 2.51. The molecule has 21 heavy (non-hydrogen) atoms. The summed E-state index contributed by atoms with van der Waals surface area (Å²) in [5.74, 6) is 0. The van der Waals surface area contributed by atoms with Crippen LogP contribution in [-0.2, 0) is 18.0 Å². The van der Waals surface area contributed by atoms with E-state index in [-0.39, 0.29) is 0 Å². The van der Waals surface area contributed by atoms with Crippen LogP contribution >= 0.6 is 0 Å². The summed E-state index contributed by atoms with van der Waals surface area (Å²) in [5, 5.41) is 0. The number of ether oxygens (including phenoxy) is 1. The van der Waals surface area contributed by atoms with Crippen LogP contribution in [0.15, 0.2) is 0 Å². The van der Waals surface area contributed by atoms with E-state index in [1.807, 2.05) is 0 Å². The third kappa shape index (κ3) is 11.3. The molecule has 0 fully saturated rings. The van der Waals surface area contributed by atoms with E-state index in [4.69, 9.17) is 18.0 Å². The van der Waals surface area contributed by atoms with Crippen molar-refractivity contribution < 1.29 is 18.0 Å². The van der Waals surface area contributed by atoms with Crippen LogP contribution < -0.4 is 0 Å². The Labute approximate surface area is 132 Å². The first-order valence-electron chi connectivity index (χ1n) is 8.74. The van der Waals surface area contributed by atoms with Gasteiger partial charge in [0.25, 0.3) is 0 Å². The smallest absolute Gasteiger partial charge is 0.381 e. The average molecular weight is 321 g/mol. The van der Waals surface area contributed by atoms with Crippen LogP contribution in [0.3, 0.4) is 0 Å². The van der Waals surface area contributed by atoms with Gasteiger partial charge in [0.05, 0.1) is 0 Å². The molecule has 0 N–H and O–H groups in total. The number of rotatable bonds is 16. The molecule has 0 aliphatic heterocycles. The molecule has 0 saturated heterocycles. The van der Waals surface area contributed by atoms with Crippen molar-refractivity contribution >= 4 is 8.80 Å². The predicted octanol–water partition coefficient (Wildman–Crippen LogP) is 4.41. The Morgan fingerprint density at radius 1 is 0.571 bits per heavy atom. The van der Waals surface area contributed by atoms with Gasteiger partial charge < -0.3 is 18.0 Å². The van der Waals surface area contributed by atoms with Crippen LogP contribution in [0, 0.1) is 0 Å². The summed E-state index contributed by atoms with van der Waals surface area (Å²) < 4.78 is 23.8. The molecular weight excluding hydrogens is 284 g/mol. The molecule has 0 rings (SSSR count). The molecule has 0 aromatic carbocycles. The fourth-order valence-electron chi connectivity index (χ4n) is 1.85. The van der Waals surface area contributed by atoms with E-state index in [0.717, 1.165) is 71.2 Å². The minimum absolute atomic E-state index is 0.719. The number of hydrogen-bond donors (Lipinski definition) is 0. The van der Waals surface area contributed by atoms with Gasteiger partial charge in [-0.05, 0) is 32.1 Å². The summed E-state index contributed by atoms with van der Waals surface area (Å²) in [7, 11) is -2.51. The summed E-state index contributed by atoms with van der Waals surface area (Å²) in [5.41, 5.74) is 0. The Morgan fingerprint density at radius 3 is 1.48 bits per heavy atom. The Bertz CT molecular complexity index is 193. The van der Waals surface area contributed by atoms with Crippen LogP contribution in [0.5, 0.6) is 0 Å². The lowest BCUT2D eigenvalue weighted by Crippen LogP contribution is -2.46. The Balaban J connectivity index is 4.28. The molecule has 0 heterocycles. The van der Waals surface area contributed by atoms with E-state index in [1.54, 1.807) is 0 Å². The Hall–Kier alpha value is 0.0569. The molecule has 0 aromatic heterocycles. The minimum Gasteiger partial charge on any atom is -0.381 e. The van der Waals surface area contributed by atoms with Gasteiger partial charge in [0.2, 0.25) is 0 Å². The van der Waals surface area contributed by atoms with E-state index >= 15 is 0 Å². The highest BCUT2D eigenvalue weighted by Gasteiger charge is 2.40. The summed E-state index contributed by atoms with van der Waals surface area (Å²) >= 11 is 0. The lowest BCUT2D eigenvalue weighted by atomic mass is 10.4. The maximum Gasteiger partial charge on any atom is 0.501 e. The minimum atomic E-state index is -2.51.